The first-order valence-corrected chi connectivity index (χ1v) is 5.81. The van der Waals surface area contributed by atoms with E-state index in [1.807, 2.05) is 54.6 Å². The second kappa shape index (κ2) is 5.55. The lowest BCUT2D eigenvalue weighted by atomic mass is 10.1. The maximum Gasteiger partial charge on any atom is 0.228 e. The highest BCUT2D eigenvalue weighted by Crippen LogP contribution is 2.10. The van der Waals surface area contributed by atoms with Gasteiger partial charge in [-0.05, 0) is 29.8 Å². The quantitative estimate of drug-likeness (QED) is 0.797. The van der Waals surface area contributed by atoms with Crippen LogP contribution in [0.3, 0.4) is 0 Å². The molecular formula is C14H13NOS. The van der Waals surface area contributed by atoms with Gasteiger partial charge in [0.2, 0.25) is 5.91 Å². The Labute approximate surface area is 106 Å². The minimum Gasteiger partial charge on any atom is -0.326 e. The number of benzene rings is 2. The fourth-order valence-corrected chi connectivity index (χ4v) is 1.67. The molecule has 0 radical (unpaired) electrons. The largest absolute Gasteiger partial charge is 0.326 e. The van der Waals surface area contributed by atoms with E-state index in [0.717, 1.165) is 16.1 Å². The predicted molar refractivity (Wildman–Crippen MR) is 72.5 cm³/mol. The molecular weight excluding hydrogens is 230 g/mol. The summed E-state index contributed by atoms with van der Waals surface area (Å²) < 4.78 is 0. The zero-order chi connectivity index (χ0) is 12.1. The molecule has 2 aromatic carbocycles. The van der Waals surface area contributed by atoms with Crippen LogP contribution in [-0.2, 0) is 11.2 Å². The first kappa shape index (κ1) is 11.7. The van der Waals surface area contributed by atoms with Crippen molar-refractivity contribution in [2.24, 2.45) is 0 Å². The van der Waals surface area contributed by atoms with Crippen molar-refractivity contribution < 1.29 is 4.79 Å². The number of carbonyl (C=O) groups is 1. The third-order valence-corrected chi connectivity index (χ3v) is 2.66. The highest BCUT2D eigenvalue weighted by atomic mass is 32.1. The number of thiol groups is 1. The average Bonchev–Trinajstić information content (AvgIpc) is 2.33. The molecule has 0 saturated carbocycles. The van der Waals surface area contributed by atoms with Gasteiger partial charge in [0.05, 0.1) is 6.42 Å². The van der Waals surface area contributed by atoms with E-state index in [1.165, 1.54) is 0 Å². The van der Waals surface area contributed by atoms with Gasteiger partial charge in [0.1, 0.15) is 0 Å². The zero-order valence-electron chi connectivity index (χ0n) is 9.26. The molecule has 0 fully saturated rings. The third kappa shape index (κ3) is 3.64. The van der Waals surface area contributed by atoms with E-state index >= 15 is 0 Å². The van der Waals surface area contributed by atoms with Gasteiger partial charge >= 0.3 is 0 Å². The summed E-state index contributed by atoms with van der Waals surface area (Å²) in [6.07, 6.45) is 0.378. The molecule has 2 nitrogen and oxygen atoms in total. The molecule has 86 valence electrons. The molecule has 0 bridgehead atoms. The highest BCUT2D eigenvalue weighted by molar-refractivity contribution is 7.80. The van der Waals surface area contributed by atoms with Gasteiger partial charge in [0.15, 0.2) is 0 Å². The van der Waals surface area contributed by atoms with Crippen LogP contribution in [0.5, 0.6) is 0 Å². The molecule has 0 heterocycles. The van der Waals surface area contributed by atoms with Gasteiger partial charge in [-0.15, -0.1) is 12.6 Å². The summed E-state index contributed by atoms with van der Waals surface area (Å²) >= 11 is 4.20. The molecule has 0 unspecified atom stereocenters. The summed E-state index contributed by atoms with van der Waals surface area (Å²) in [5, 5.41) is 2.85. The monoisotopic (exact) mass is 243 g/mol. The predicted octanol–water partition coefficient (Wildman–Crippen LogP) is 3.16. The Hall–Kier alpha value is -1.74. The van der Waals surface area contributed by atoms with Gasteiger partial charge in [-0.25, -0.2) is 0 Å². The molecule has 0 aliphatic carbocycles. The van der Waals surface area contributed by atoms with E-state index in [2.05, 4.69) is 17.9 Å². The Kier molecular flexibility index (Phi) is 3.83. The summed E-state index contributed by atoms with van der Waals surface area (Å²) in [5.41, 5.74) is 1.81. The molecule has 1 amide bonds. The standard InChI is InChI=1S/C14H13NOS/c16-14(15-12-4-2-1-3-5-12)10-11-6-8-13(17)9-7-11/h1-9,17H,10H2,(H,15,16). The van der Waals surface area contributed by atoms with Crippen molar-refractivity contribution in [3.63, 3.8) is 0 Å². The number of carbonyl (C=O) groups excluding carboxylic acids is 1. The minimum atomic E-state index is -0.0110. The normalized spacial score (nSPS) is 9.94. The van der Waals surface area contributed by atoms with Crippen LogP contribution in [0.25, 0.3) is 0 Å². The van der Waals surface area contributed by atoms with Gasteiger partial charge in [0, 0.05) is 10.6 Å². The highest BCUT2D eigenvalue weighted by Gasteiger charge is 2.03. The second-order valence-corrected chi connectivity index (χ2v) is 4.27. The molecule has 0 atom stereocenters. The van der Waals surface area contributed by atoms with Crippen molar-refractivity contribution in [3.8, 4) is 0 Å². The summed E-state index contributed by atoms with van der Waals surface area (Å²) in [6, 6.07) is 17.0. The Bertz CT molecular complexity index is 493. The van der Waals surface area contributed by atoms with Gasteiger partial charge in [-0.1, -0.05) is 30.3 Å². The molecule has 0 spiro atoms. The van der Waals surface area contributed by atoms with E-state index in [0.29, 0.717) is 6.42 Å². The van der Waals surface area contributed by atoms with Gasteiger partial charge in [-0.2, -0.15) is 0 Å². The summed E-state index contributed by atoms with van der Waals surface area (Å²) in [6.45, 7) is 0. The van der Waals surface area contributed by atoms with E-state index < -0.39 is 0 Å². The fourth-order valence-electron chi connectivity index (χ4n) is 1.53. The number of hydrogen-bond acceptors (Lipinski definition) is 2. The SMILES string of the molecule is O=C(Cc1ccc(S)cc1)Nc1ccccc1. The van der Waals surface area contributed by atoms with E-state index in [-0.39, 0.29) is 5.91 Å². The van der Waals surface area contributed by atoms with Crippen molar-refractivity contribution in [1.82, 2.24) is 0 Å². The summed E-state index contributed by atoms with van der Waals surface area (Å²) in [5.74, 6) is -0.0110. The molecule has 3 heteroatoms. The van der Waals surface area contributed by atoms with Crippen molar-refractivity contribution in [1.29, 1.82) is 0 Å². The van der Waals surface area contributed by atoms with Crippen molar-refractivity contribution in [3.05, 3.63) is 60.2 Å². The number of amides is 1. The Morgan fingerprint density at radius 1 is 1.00 bits per heavy atom. The first-order valence-electron chi connectivity index (χ1n) is 5.37. The molecule has 0 saturated heterocycles. The van der Waals surface area contributed by atoms with Crippen LogP contribution in [0.4, 0.5) is 5.69 Å². The molecule has 0 aliphatic heterocycles. The average molecular weight is 243 g/mol. The molecule has 0 aromatic heterocycles. The molecule has 2 aromatic rings. The van der Waals surface area contributed by atoms with E-state index in [1.54, 1.807) is 0 Å². The Balaban J connectivity index is 1.96. The Morgan fingerprint density at radius 2 is 1.65 bits per heavy atom. The third-order valence-electron chi connectivity index (χ3n) is 2.36. The molecule has 1 N–H and O–H groups in total. The van der Waals surface area contributed by atoms with Crippen LogP contribution in [0.2, 0.25) is 0 Å². The number of para-hydroxylation sites is 1. The molecule has 0 aliphatic rings. The summed E-state index contributed by atoms with van der Waals surface area (Å²) in [7, 11) is 0. The summed E-state index contributed by atoms with van der Waals surface area (Å²) in [4.78, 5) is 12.6. The maximum absolute atomic E-state index is 11.7. The van der Waals surface area contributed by atoms with Crippen molar-refractivity contribution in [2.75, 3.05) is 5.32 Å². The minimum absolute atomic E-state index is 0.0110. The second-order valence-electron chi connectivity index (χ2n) is 3.76. The fraction of sp³-hybridized carbons (Fsp3) is 0.0714. The molecule has 2 rings (SSSR count). The van der Waals surface area contributed by atoms with E-state index in [9.17, 15) is 4.79 Å². The maximum atomic E-state index is 11.7. The number of rotatable bonds is 3. The van der Waals surface area contributed by atoms with Crippen LogP contribution in [0.15, 0.2) is 59.5 Å². The lowest BCUT2D eigenvalue weighted by Crippen LogP contribution is -2.14. The number of anilines is 1. The van der Waals surface area contributed by atoms with Gasteiger partial charge in [-0.3, -0.25) is 4.79 Å². The topological polar surface area (TPSA) is 29.1 Å². The zero-order valence-corrected chi connectivity index (χ0v) is 10.2. The lowest BCUT2D eigenvalue weighted by molar-refractivity contribution is -0.115. The van der Waals surface area contributed by atoms with Crippen molar-refractivity contribution in [2.45, 2.75) is 11.3 Å². The van der Waals surface area contributed by atoms with Crippen LogP contribution >= 0.6 is 12.6 Å². The van der Waals surface area contributed by atoms with Gasteiger partial charge < -0.3 is 5.32 Å². The first-order chi connectivity index (χ1) is 8.24. The van der Waals surface area contributed by atoms with Crippen LogP contribution in [-0.4, -0.2) is 5.91 Å². The van der Waals surface area contributed by atoms with Crippen LogP contribution in [0.1, 0.15) is 5.56 Å². The van der Waals surface area contributed by atoms with Crippen LogP contribution < -0.4 is 5.32 Å². The molecule has 17 heavy (non-hydrogen) atoms. The van der Waals surface area contributed by atoms with E-state index in [4.69, 9.17) is 0 Å². The van der Waals surface area contributed by atoms with Gasteiger partial charge in [0.25, 0.3) is 0 Å². The smallest absolute Gasteiger partial charge is 0.228 e. The number of hydrogen-bond donors (Lipinski definition) is 2. The number of nitrogens with one attached hydrogen (secondary N) is 1. The lowest BCUT2D eigenvalue weighted by Gasteiger charge is -2.05. The van der Waals surface area contributed by atoms with Crippen molar-refractivity contribution >= 4 is 24.2 Å². The van der Waals surface area contributed by atoms with Crippen LogP contribution in [0, 0.1) is 0 Å². The Morgan fingerprint density at radius 3 is 2.29 bits per heavy atom.